The molecule has 0 saturated heterocycles. The first-order valence-corrected chi connectivity index (χ1v) is 9.93. The van der Waals surface area contributed by atoms with Gasteiger partial charge in [0.15, 0.2) is 0 Å². The van der Waals surface area contributed by atoms with Crippen LogP contribution in [0.1, 0.15) is 10.4 Å². The van der Waals surface area contributed by atoms with Crippen molar-refractivity contribution in [2.24, 2.45) is 0 Å². The number of hydrogen-bond acceptors (Lipinski definition) is 5. The highest BCUT2D eigenvalue weighted by Crippen LogP contribution is 2.27. The summed E-state index contributed by atoms with van der Waals surface area (Å²) in [5.74, 6) is 0.100. The molecule has 0 saturated carbocycles. The van der Waals surface area contributed by atoms with Gasteiger partial charge in [-0.05, 0) is 54.6 Å². The number of anilines is 2. The van der Waals surface area contributed by atoms with Crippen LogP contribution < -0.4 is 14.8 Å². The van der Waals surface area contributed by atoms with Crippen LogP contribution in [0.15, 0.2) is 71.9 Å². The molecule has 2 N–H and O–H groups in total. The summed E-state index contributed by atoms with van der Waals surface area (Å²) in [6, 6.07) is 13.5. The molecule has 7 nitrogen and oxygen atoms in total. The van der Waals surface area contributed by atoms with Crippen molar-refractivity contribution in [1.82, 2.24) is 4.98 Å². The minimum atomic E-state index is -3.77. The Hall–Kier alpha value is -3.10. The number of amides is 1. The molecule has 0 spiro atoms. The third kappa shape index (κ3) is 4.59. The van der Waals surface area contributed by atoms with Gasteiger partial charge in [-0.1, -0.05) is 11.6 Å². The minimum absolute atomic E-state index is 0.0355. The number of benzene rings is 2. The lowest BCUT2D eigenvalue weighted by Gasteiger charge is -2.10. The van der Waals surface area contributed by atoms with E-state index in [1.54, 1.807) is 30.3 Å². The Kier molecular flexibility index (Phi) is 5.81. The molecule has 1 aromatic heterocycles. The van der Waals surface area contributed by atoms with Crippen LogP contribution in [0.3, 0.4) is 0 Å². The second-order valence-electron chi connectivity index (χ2n) is 5.67. The maximum atomic E-state index is 12.4. The second-order valence-corrected chi connectivity index (χ2v) is 7.76. The zero-order valence-electron chi connectivity index (χ0n) is 14.7. The van der Waals surface area contributed by atoms with Gasteiger partial charge in [0.25, 0.3) is 15.9 Å². The Balaban J connectivity index is 1.73. The molecule has 28 heavy (non-hydrogen) atoms. The Morgan fingerprint density at radius 3 is 2.29 bits per heavy atom. The molecule has 144 valence electrons. The number of carbonyl (C=O) groups excluding carboxylic acids is 1. The molecule has 0 radical (unpaired) electrons. The van der Waals surface area contributed by atoms with E-state index in [2.05, 4.69) is 15.0 Å². The van der Waals surface area contributed by atoms with E-state index >= 15 is 0 Å². The van der Waals surface area contributed by atoms with Crippen LogP contribution in [-0.4, -0.2) is 26.4 Å². The topological polar surface area (TPSA) is 97.4 Å². The molecule has 0 aliphatic heterocycles. The van der Waals surface area contributed by atoms with E-state index in [0.717, 1.165) is 0 Å². The molecule has 0 fully saturated rings. The van der Waals surface area contributed by atoms with Gasteiger partial charge in [-0.15, -0.1) is 0 Å². The first-order valence-electron chi connectivity index (χ1n) is 8.07. The number of carbonyl (C=O) groups is 1. The summed E-state index contributed by atoms with van der Waals surface area (Å²) in [5, 5.41) is 3.06. The second kappa shape index (κ2) is 8.28. The van der Waals surface area contributed by atoms with Crippen molar-refractivity contribution in [3.63, 3.8) is 0 Å². The van der Waals surface area contributed by atoms with Crippen LogP contribution in [0.5, 0.6) is 5.75 Å². The first-order chi connectivity index (χ1) is 13.4. The van der Waals surface area contributed by atoms with E-state index in [1.165, 1.54) is 43.8 Å². The maximum Gasteiger partial charge on any atom is 0.261 e. The van der Waals surface area contributed by atoms with Crippen LogP contribution in [0.25, 0.3) is 0 Å². The van der Waals surface area contributed by atoms with E-state index in [1.807, 2.05) is 0 Å². The fourth-order valence-corrected chi connectivity index (χ4v) is 3.68. The number of hydrogen-bond donors (Lipinski definition) is 2. The molecule has 1 amide bonds. The fraction of sp³-hybridized carbons (Fsp3) is 0.0526. The lowest BCUT2D eigenvalue weighted by atomic mass is 10.2. The highest BCUT2D eigenvalue weighted by molar-refractivity contribution is 7.92. The Labute approximate surface area is 167 Å². The van der Waals surface area contributed by atoms with Crippen molar-refractivity contribution in [3.8, 4) is 5.75 Å². The van der Waals surface area contributed by atoms with E-state index in [0.29, 0.717) is 27.7 Å². The van der Waals surface area contributed by atoms with E-state index in [4.69, 9.17) is 16.3 Å². The molecule has 3 rings (SSSR count). The number of rotatable bonds is 6. The molecule has 1 heterocycles. The molecule has 0 atom stereocenters. The van der Waals surface area contributed by atoms with Crippen molar-refractivity contribution in [2.75, 3.05) is 17.1 Å². The number of nitrogens with zero attached hydrogens (tertiary/aromatic N) is 1. The summed E-state index contributed by atoms with van der Waals surface area (Å²) in [7, 11) is -2.27. The van der Waals surface area contributed by atoms with E-state index < -0.39 is 15.9 Å². The Morgan fingerprint density at radius 2 is 1.68 bits per heavy atom. The molecule has 0 aliphatic rings. The SMILES string of the molecule is COc1ccc(NC(=O)c2ccc(S(=O)(=O)Nc3ccncc3)cc2)cc1Cl. The van der Waals surface area contributed by atoms with Crippen molar-refractivity contribution in [3.05, 3.63) is 77.6 Å². The fourth-order valence-electron chi connectivity index (χ4n) is 2.37. The van der Waals surface area contributed by atoms with Crippen molar-refractivity contribution < 1.29 is 17.9 Å². The predicted molar refractivity (Wildman–Crippen MR) is 107 cm³/mol. The number of pyridine rings is 1. The lowest BCUT2D eigenvalue weighted by molar-refractivity contribution is 0.102. The molecular weight excluding hydrogens is 402 g/mol. The van der Waals surface area contributed by atoms with Gasteiger partial charge in [0.2, 0.25) is 0 Å². The third-order valence-electron chi connectivity index (χ3n) is 3.77. The first kappa shape index (κ1) is 19.7. The van der Waals surface area contributed by atoms with Gasteiger partial charge in [0.05, 0.1) is 22.7 Å². The van der Waals surface area contributed by atoms with Gasteiger partial charge in [-0.2, -0.15) is 0 Å². The summed E-state index contributed by atoms with van der Waals surface area (Å²) < 4.78 is 32.3. The van der Waals surface area contributed by atoms with Gasteiger partial charge in [0.1, 0.15) is 5.75 Å². The predicted octanol–water partition coefficient (Wildman–Crippen LogP) is 3.80. The smallest absolute Gasteiger partial charge is 0.261 e. The zero-order valence-corrected chi connectivity index (χ0v) is 16.3. The summed E-state index contributed by atoms with van der Waals surface area (Å²) in [5.41, 5.74) is 1.19. The van der Waals surface area contributed by atoms with E-state index in [9.17, 15) is 13.2 Å². The quantitative estimate of drug-likeness (QED) is 0.635. The molecule has 9 heteroatoms. The molecule has 0 bridgehead atoms. The zero-order chi connectivity index (χ0) is 20.1. The van der Waals surface area contributed by atoms with E-state index in [-0.39, 0.29) is 4.90 Å². The number of nitrogens with one attached hydrogen (secondary N) is 2. The highest BCUT2D eigenvalue weighted by Gasteiger charge is 2.15. The van der Waals surface area contributed by atoms with Gasteiger partial charge >= 0.3 is 0 Å². The number of sulfonamides is 1. The summed E-state index contributed by atoms with van der Waals surface area (Å²) in [6.45, 7) is 0. The van der Waals surface area contributed by atoms with Crippen molar-refractivity contribution >= 4 is 38.9 Å². The normalized spacial score (nSPS) is 10.9. The molecular formula is C19H16ClN3O4S. The van der Waals surface area contributed by atoms with Crippen LogP contribution in [-0.2, 0) is 10.0 Å². The molecule has 3 aromatic rings. The summed E-state index contributed by atoms with van der Waals surface area (Å²) in [4.78, 5) is 16.2. The minimum Gasteiger partial charge on any atom is -0.495 e. The molecule has 2 aromatic carbocycles. The van der Waals surface area contributed by atoms with Gasteiger partial charge in [-0.25, -0.2) is 8.42 Å². The van der Waals surface area contributed by atoms with Crippen LogP contribution in [0.2, 0.25) is 5.02 Å². The maximum absolute atomic E-state index is 12.4. The number of ether oxygens (including phenoxy) is 1. The van der Waals surface area contributed by atoms with Crippen molar-refractivity contribution in [2.45, 2.75) is 4.90 Å². The van der Waals surface area contributed by atoms with Crippen LogP contribution in [0, 0.1) is 0 Å². The Bertz CT molecular complexity index is 1090. The van der Waals surface area contributed by atoms with Crippen LogP contribution in [0.4, 0.5) is 11.4 Å². The monoisotopic (exact) mass is 417 g/mol. The van der Waals surface area contributed by atoms with Gasteiger partial charge in [-0.3, -0.25) is 14.5 Å². The van der Waals surface area contributed by atoms with Gasteiger partial charge in [0, 0.05) is 23.6 Å². The summed E-state index contributed by atoms with van der Waals surface area (Å²) >= 11 is 6.04. The molecule has 0 aliphatic carbocycles. The van der Waals surface area contributed by atoms with Crippen molar-refractivity contribution in [1.29, 1.82) is 0 Å². The number of aromatic nitrogens is 1. The van der Waals surface area contributed by atoms with Gasteiger partial charge < -0.3 is 10.1 Å². The molecule has 0 unspecified atom stereocenters. The largest absolute Gasteiger partial charge is 0.495 e. The third-order valence-corrected chi connectivity index (χ3v) is 5.46. The Morgan fingerprint density at radius 1 is 1.00 bits per heavy atom. The van der Waals surface area contributed by atoms with Crippen LogP contribution >= 0.6 is 11.6 Å². The standard InChI is InChI=1S/C19H16ClN3O4S/c1-27-18-7-4-15(12-17(18)20)22-19(24)13-2-5-16(6-3-13)28(25,26)23-14-8-10-21-11-9-14/h2-12H,1H3,(H,21,23)(H,22,24). The highest BCUT2D eigenvalue weighted by atomic mass is 35.5. The lowest BCUT2D eigenvalue weighted by Crippen LogP contribution is -2.14. The number of halogens is 1. The summed E-state index contributed by atoms with van der Waals surface area (Å²) in [6.07, 6.45) is 2.97. The average molecular weight is 418 g/mol. The number of methoxy groups -OCH3 is 1. The average Bonchev–Trinajstić information content (AvgIpc) is 2.69.